The van der Waals surface area contributed by atoms with Crippen LogP contribution < -0.4 is 5.32 Å². The van der Waals surface area contributed by atoms with Crippen molar-refractivity contribution in [2.75, 3.05) is 46.3 Å². The number of benzene rings is 1. The Bertz CT molecular complexity index is 388. The highest BCUT2D eigenvalue weighted by molar-refractivity contribution is 5.78. The first kappa shape index (κ1) is 14.0. The predicted molar refractivity (Wildman–Crippen MR) is 77.1 cm³/mol. The third kappa shape index (κ3) is 4.65. The van der Waals surface area contributed by atoms with Crippen molar-refractivity contribution in [3.63, 3.8) is 0 Å². The van der Waals surface area contributed by atoms with E-state index >= 15 is 0 Å². The van der Waals surface area contributed by atoms with Gasteiger partial charge in [0.05, 0.1) is 6.54 Å². The normalized spacial score (nSPS) is 15.8. The first-order chi connectivity index (χ1) is 9.25. The molecule has 0 bridgehead atoms. The number of rotatable bonds is 5. The van der Waals surface area contributed by atoms with E-state index in [4.69, 9.17) is 0 Å². The highest BCUT2D eigenvalue weighted by Crippen LogP contribution is 2.01. The van der Waals surface area contributed by atoms with E-state index in [1.54, 1.807) is 0 Å². The summed E-state index contributed by atoms with van der Waals surface area (Å²) in [5.41, 5.74) is 1.32. The van der Waals surface area contributed by atoms with Crippen LogP contribution in [0.15, 0.2) is 30.3 Å². The molecule has 0 atom stereocenters. The molecule has 1 aromatic carbocycles. The van der Waals surface area contributed by atoms with Crippen LogP contribution in [0.1, 0.15) is 5.56 Å². The van der Waals surface area contributed by atoms with Crippen LogP contribution in [-0.2, 0) is 11.2 Å². The molecule has 1 aromatic rings. The van der Waals surface area contributed by atoms with Gasteiger partial charge in [0.15, 0.2) is 0 Å². The van der Waals surface area contributed by atoms with Crippen molar-refractivity contribution in [2.45, 2.75) is 6.42 Å². The molecule has 1 fully saturated rings. The van der Waals surface area contributed by atoms with E-state index in [1.807, 2.05) is 18.0 Å². The molecule has 0 aromatic heterocycles. The van der Waals surface area contributed by atoms with Gasteiger partial charge >= 0.3 is 0 Å². The van der Waals surface area contributed by atoms with Gasteiger partial charge in [-0.05, 0) is 19.0 Å². The lowest BCUT2D eigenvalue weighted by Gasteiger charge is -2.29. The van der Waals surface area contributed by atoms with Crippen LogP contribution in [0.2, 0.25) is 0 Å². The van der Waals surface area contributed by atoms with Crippen LogP contribution in [0.3, 0.4) is 0 Å². The zero-order chi connectivity index (χ0) is 13.5. The maximum Gasteiger partial charge on any atom is 0.236 e. The number of nitrogens with zero attached hydrogens (tertiary/aromatic N) is 2. The quantitative estimate of drug-likeness (QED) is 0.843. The summed E-state index contributed by atoms with van der Waals surface area (Å²) in [5.74, 6) is 0.247. The fraction of sp³-hybridized carbons (Fsp3) is 0.533. The number of nitrogens with one attached hydrogen (secondary N) is 1. The average molecular weight is 261 g/mol. The van der Waals surface area contributed by atoms with E-state index in [1.165, 1.54) is 5.56 Å². The van der Waals surface area contributed by atoms with Crippen molar-refractivity contribution < 1.29 is 4.79 Å². The molecule has 0 radical (unpaired) electrons. The predicted octanol–water partition coefficient (Wildman–Crippen LogP) is 0.593. The summed E-state index contributed by atoms with van der Waals surface area (Å²) in [6.07, 6.45) is 0.992. The van der Waals surface area contributed by atoms with E-state index in [0.29, 0.717) is 6.54 Å². The highest BCUT2D eigenvalue weighted by Gasteiger charge is 2.17. The molecular weight excluding hydrogens is 238 g/mol. The Balaban J connectivity index is 1.71. The van der Waals surface area contributed by atoms with Crippen LogP contribution in [0, 0.1) is 0 Å². The van der Waals surface area contributed by atoms with Crippen LogP contribution in [0.5, 0.6) is 0 Å². The minimum Gasteiger partial charge on any atom is -0.339 e. The lowest BCUT2D eigenvalue weighted by atomic mass is 10.1. The molecule has 1 amide bonds. The third-order valence-corrected chi connectivity index (χ3v) is 3.50. The molecule has 19 heavy (non-hydrogen) atoms. The molecule has 1 N–H and O–H groups in total. The molecule has 0 spiro atoms. The fourth-order valence-electron chi connectivity index (χ4n) is 2.29. The Morgan fingerprint density at radius 3 is 2.63 bits per heavy atom. The van der Waals surface area contributed by atoms with Crippen LogP contribution in [0.25, 0.3) is 0 Å². The molecule has 4 heteroatoms. The summed E-state index contributed by atoms with van der Waals surface area (Å²) in [4.78, 5) is 16.1. The monoisotopic (exact) mass is 261 g/mol. The van der Waals surface area contributed by atoms with Crippen molar-refractivity contribution in [3.05, 3.63) is 35.9 Å². The Kier molecular flexibility index (Phi) is 5.36. The van der Waals surface area contributed by atoms with E-state index in [9.17, 15) is 4.79 Å². The van der Waals surface area contributed by atoms with E-state index in [0.717, 1.165) is 39.1 Å². The Hall–Kier alpha value is -1.39. The maximum absolute atomic E-state index is 12.1. The molecule has 104 valence electrons. The van der Waals surface area contributed by atoms with Gasteiger partial charge in [0.1, 0.15) is 0 Å². The molecule has 1 saturated heterocycles. The summed E-state index contributed by atoms with van der Waals surface area (Å²) < 4.78 is 0. The van der Waals surface area contributed by atoms with Crippen molar-refractivity contribution in [1.82, 2.24) is 15.1 Å². The first-order valence-electron chi connectivity index (χ1n) is 6.96. The fourth-order valence-corrected chi connectivity index (χ4v) is 2.29. The highest BCUT2D eigenvalue weighted by atomic mass is 16.2. The maximum atomic E-state index is 12.1. The number of carbonyl (C=O) groups is 1. The summed E-state index contributed by atoms with van der Waals surface area (Å²) in [7, 11) is 2.02. The summed E-state index contributed by atoms with van der Waals surface area (Å²) in [5, 5.41) is 3.26. The molecule has 0 saturated carbocycles. The van der Waals surface area contributed by atoms with Crippen molar-refractivity contribution in [1.29, 1.82) is 0 Å². The number of amides is 1. The lowest BCUT2D eigenvalue weighted by molar-refractivity contribution is -0.132. The van der Waals surface area contributed by atoms with Crippen molar-refractivity contribution >= 4 is 5.91 Å². The Labute approximate surface area is 115 Å². The van der Waals surface area contributed by atoms with Crippen LogP contribution >= 0.6 is 0 Å². The Morgan fingerprint density at radius 2 is 1.95 bits per heavy atom. The molecular formula is C15H23N3O. The standard InChI is InChI=1S/C15H23N3O/c1-17(10-7-14-5-3-2-4-6-14)13-15(19)18-11-8-16-9-12-18/h2-6,16H,7-13H2,1H3. The zero-order valence-corrected chi connectivity index (χ0v) is 11.6. The van der Waals surface area contributed by atoms with Crippen molar-refractivity contribution in [3.8, 4) is 0 Å². The second kappa shape index (κ2) is 7.26. The van der Waals surface area contributed by atoms with Gasteiger partial charge in [-0.25, -0.2) is 0 Å². The van der Waals surface area contributed by atoms with Crippen molar-refractivity contribution in [2.24, 2.45) is 0 Å². The van der Waals surface area contributed by atoms with Gasteiger partial charge in [-0.3, -0.25) is 9.69 Å². The number of likely N-dealkylation sites (N-methyl/N-ethyl adjacent to an activating group) is 1. The molecule has 0 unspecified atom stereocenters. The number of hydrogen-bond acceptors (Lipinski definition) is 3. The molecule has 1 aliphatic heterocycles. The van der Waals surface area contributed by atoms with Crippen LogP contribution in [-0.4, -0.2) is 62.0 Å². The minimum atomic E-state index is 0.247. The largest absolute Gasteiger partial charge is 0.339 e. The van der Waals surface area contributed by atoms with Crippen LogP contribution in [0.4, 0.5) is 0 Å². The zero-order valence-electron chi connectivity index (χ0n) is 11.6. The van der Waals surface area contributed by atoms with Gasteiger partial charge in [-0.1, -0.05) is 30.3 Å². The second-order valence-electron chi connectivity index (χ2n) is 5.10. The SMILES string of the molecule is CN(CCc1ccccc1)CC(=O)N1CCNCC1. The van der Waals surface area contributed by atoms with Gasteiger partial charge in [0.25, 0.3) is 0 Å². The first-order valence-corrected chi connectivity index (χ1v) is 6.96. The van der Waals surface area contributed by atoms with E-state index < -0.39 is 0 Å². The Morgan fingerprint density at radius 1 is 1.26 bits per heavy atom. The third-order valence-electron chi connectivity index (χ3n) is 3.50. The minimum absolute atomic E-state index is 0.247. The number of hydrogen-bond donors (Lipinski definition) is 1. The molecule has 0 aliphatic carbocycles. The van der Waals surface area contributed by atoms with Gasteiger partial charge in [-0.15, -0.1) is 0 Å². The summed E-state index contributed by atoms with van der Waals surface area (Å²) >= 11 is 0. The lowest BCUT2D eigenvalue weighted by Crippen LogP contribution is -2.49. The summed E-state index contributed by atoms with van der Waals surface area (Å²) in [6, 6.07) is 10.4. The second-order valence-corrected chi connectivity index (χ2v) is 5.10. The van der Waals surface area contributed by atoms with Gasteiger partial charge in [0.2, 0.25) is 5.91 Å². The molecule has 1 heterocycles. The summed E-state index contributed by atoms with van der Waals surface area (Å²) in [6.45, 7) is 4.95. The topological polar surface area (TPSA) is 35.6 Å². The van der Waals surface area contributed by atoms with Gasteiger partial charge in [0, 0.05) is 32.7 Å². The molecule has 4 nitrogen and oxygen atoms in total. The number of carbonyl (C=O) groups excluding carboxylic acids is 1. The number of piperazine rings is 1. The van der Waals surface area contributed by atoms with Gasteiger partial charge < -0.3 is 10.2 Å². The molecule has 2 rings (SSSR count). The van der Waals surface area contributed by atoms with E-state index in [2.05, 4.69) is 34.5 Å². The average Bonchev–Trinajstić information content (AvgIpc) is 2.47. The smallest absolute Gasteiger partial charge is 0.236 e. The van der Waals surface area contributed by atoms with E-state index in [-0.39, 0.29) is 5.91 Å². The van der Waals surface area contributed by atoms with Gasteiger partial charge in [-0.2, -0.15) is 0 Å². The molecule has 1 aliphatic rings.